The number of hydrogen-bond acceptors (Lipinski definition) is 3. The summed E-state index contributed by atoms with van der Waals surface area (Å²) < 4.78 is 0.599. The van der Waals surface area contributed by atoms with Gasteiger partial charge in [-0.25, -0.2) is 4.98 Å². The monoisotopic (exact) mass is 217 g/mol. The molecule has 2 rings (SSSR count). The summed E-state index contributed by atoms with van der Waals surface area (Å²) >= 11 is 5.06. The van der Waals surface area contributed by atoms with Crippen LogP contribution < -0.4 is 0 Å². The van der Waals surface area contributed by atoms with Crippen molar-refractivity contribution in [1.29, 1.82) is 0 Å². The van der Waals surface area contributed by atoms with Crippen molar-refractivity contribution < 1.29 is 0 Å². The fourth-order valence-corrected chi connectivity index (χ4v) is 1.62. The van der Waals surface area contributed by atoms with Crippen molar-refractivity contribution in [3.05, 3.63) is 40.6 Å². The molecular weight excluding hydrogens is 206 g/mol. The molecule has 0 atom stereocenters. The number of hydrogen-bond donors (Lipinski definition) is 1. The summed E-state index contributed by atoms with van der Waals surface area (Å²) in [4.78, 5) is 11.5. The van der Waals surface area contributed by atoms with Gasteiger partial charge in [-0.05, 0) is 32.0 Å². The van der Waals surface area contributed by atoms with Gasteiger partial charge in [-0.2, -0.15) is 0 Å². The first-order valence-electron chi connectivity index (χ1n) is 4.66. The molecule has 15 heavy (non-hydrogen) atoms. The van der Waals surface area contributed by atoms with Crippen LogP contribution in [0, 0.1) is 18.5 Å². The van der Waals surface area contributed by atoms with E-state index in [1.54, 1.807) is 0 Å². The molecule has 0 saturated carbocycles. The highest BCUT2D eigenvalue weighted by Gasteiger charge is 1.99. The molecular formula is C11H11N3S. The lowest BCUT2D eigenvalue weighted by Crippen LogP contribution is -1.92. The zero-order valence-corrected chi connectivity index (χ0v) is 9.43. The number of nitrogens with zero attached hydrogens (tertiary/aromatic N) is 2. The molecule has 0 radical (unpaired) electrons. The molecule has 2 heterocycles. The minimum absolute atomic E-state index is 0.599. The molecule has 0 amide bonds. The Bertz CT molecular complexity index is 528. The van der Waals surface area contributed by atoms with Crippen molar-refractivity contribution in [3.8, 4) is 11.3 Å². The maximum Gasteiger partial charge on any atom is 0.130 e. The number of aromatic amines is 1. The Kier molecular flexibility index (Phi) is 2.60. The highest BCUT2D eigenvalue weighted by molar-refractivity contribution is 7.71. The molecule has 0 saturated heterocycles. The summed E-state index contributed by atoms with van der Waals surface area (Å²) in [7, 11) is 0. The van der Waals surface area contributed by atoms with Crippen molar-refractivity contribution in [2.75, 3.05) is 0 Å². The fourth-order valence-electron chi connectivity index (χ4n) is 1.36. The highest BCUT2D eigenvalue weighted by atomic mass is 32.1. The van der Waals surface area contributed by atoms with Crippen molar-refractivity contribution in [3.63, 3.8) is 0 Å². The first-order valence-corrected chi connectivity index (χ1v) is 5.07. The number of H-pyrrole nitrogens is 1. The fraction of sp³-hybridized carbons (Fsp3) is 0.182. The summed E-state index contributed by atoms with van der Waals surface area (Å²) in [6.07, 6.45) is 1.83. The Morgan fingerprint density at radius 3 is 2.67 bits per heavy atom. The van der Waals surface area contributed by atoms with E-state index in [1.807, 2.05) is 38.2 Å². The van der Waals surface area contributed by atoms with Crippen LogP contribution in [0.1, 0.15) is 11.5 Å². The van der Waals surface area contributed by atoms with E-state index in [0.29, 0.717) is 4.64 Å². The molecule has 76 valence electrons. The van der Waals surface area contributed by atoms with Gasteiger partial charge in [0, 0.05) is 17.5 Å². The summed E-state index contributed by atoms with van der Waals surface area (Å²) in [5.74, 6) is 0.818. The summed E-state index contributed by atoms with van der Waals surface area (Å²) in [5, 5.41) is 0. The van der Waals surface area contributed by atoms with Gasteiger partial charge in [0.15, 0.2) is 0 Å². The Labute approximate surface area is 93.2 Å². The van der Waals surface area contributed by atoms with Gasteiger partial charge in [0.2, 0.25) is 0 Å². The smallest absolute Gasteiger partial charge is 0.130 e. The molecule has 0 fully saturated rings. The molecule has 1 N–H and O–H groups in total. The molecule has 0 aliphatic heterocycles. The Balaban J connectivity index is 2.54. The predicted octanol–water partition coefficient (Wildman–Crippen LogP) is 2.82. The second kappa shape index (κ2) is 3.90. The minimum atomic E-state index is 0.599. The van der Waals surface area contributed by atoms with E-state index in [9.17, 15) is 0 Å². The molecule has 0 bridgehead atoms. The molecule has 0 aliphatic rings. The topological polar surface area (TPSA) is 41.6 Å². The van der Waals surface area contributed by atoms with Crippen molar-refractivity contribution >= 4 is 12.2 Å². The van der Waals surface area contributed by atoms with E-state index in [1.165, 1.54) is 0 Å². The maximum absolute atomic E-state index is 5.06. The number of nitrogens with one attached hydrogen (secondary N) is 1. The van der Waals surface area contributed by atoms with Crippen LogP contribution in [0.3, 0.4) is 0 Å². The second-order valence-corrected chi connectivity index (χ2v) is 3.82. The molecule has 2 aromatic heterocycles. The molecule has 2 aromatic rings. The highest BCUT2D eigenvalue weighted by Crippen LogP contribution is 2.15. The van der Waals surface area contributed by atoms with Gasteiger partial charge < -0.3 is 4.98 Å². The van der Waals surface area contributed by atoms with E-state index in [2.05, 4.69) is 15.0 Å². The van der Waals surface area contributed by atoms with Gasteiger partial charge in [-0.3, -0.25) is 4.98 Å². The largest absolute Gasteiger partial charge is 0.343 e. The molecule has 4 heteroatoms. The molecule has 0 aromatic carbocycles. The minimum Gasteiger partial charge on any atom is -0.343 e. The average Bonchev–Trinajstić information content (AvgIpc) is 2.17. The Morgan fingerprint density at radius 2 is 2.07 bits per heavy atom. The Morgan fingerprint density at radius 1 is 1.27 bits per heavy atom. The molecule has 0 unspecified atom stereocenters. The molecule has 3 nitrogen and oxygen atoms in total. The summed E-state index contributed by atoms with van der Waals surface area (Å²) in [5.41, 5.74) is 2.99. The van der Waals surface area contributed by atoms with Gasteiger partial charge in [-0.15, -0.1) is 0 Å². The predicted molar refractivity (Wildman–Crippen MR) is 62.1 cm³/mol. The summed E-state index contributed by atoms with van der Waals surface area (Å²) in [6, 6.07) is 5.83. The third-order valence-electron chi connectivity index (χ3n) is 2.08. The first kappa shape index (κ1) is 9.98. The maximum atomic E-state index is 5.06. The van der Waals surface area contributed by atoms with Gasteiger partial charge in [-0.1, -0.05) is 12.2 Å². The van der Waals surface area contributed by atoms with Crippen molar-refractivity contribution in [2.45, 2.75) is 13.8 Å². The van der Waals surface area contributed by atoms with E-state index >= 15 is 0 Å². The third kappa shape index (κ3) is 2.27. The van der Waals surface area contributed by atoms with Crippen LogP contribution in [0.2, 0.25) is 0 Å². The van der Waals surface area contributed by atoms with Crippen molar-refractivity contribution in [2.24, 2.45) is 0 Å². The normalized spacial score (nSPS) is 10.3. The second-order valence-electron chi connectivity index (χ2n) is 3.41. The van der Waals surface area contributed by atoms with Gasteiger partial charge >= 0.3 is 0 Å². The van der Waals surface area contributed by atoms with Gasteiger partial charge in [0.1, 0.15) is 10.5 Å². The lowest BCUT2D eigenvalue weighted by molar-refractivity contribution is 1.04. The molecule has 0 spiro atoms. The van der Waals surface area contributed by atoms with Crippen LogP contribution in [0.25, 0.3) is 11.3 Å². The van der Waals surface area contributed by atoms with Gasteiger partial charge in [0.25, 0.3) is 0 Å². The lowest BCUT2D eigenvalue weighted by atomic mass is 10.2. The van der Waals surface area contributed by atoms with Crippen LogP contribution >= 0.6 is 12.2 Å². The number of rotatable bonds is 1. The van der Waals surface area contributed by atoms with Crippen LogP contribution in [-0.4, -0.2) is 15.0 Å². The third-order valence-corrected chi connectivity index (χ3v) is 2.29. The number of aryl methyl sites for hydroxylation is 2. The zero-order valence-electron chi connectivity index (χ0n) is 8.61. The average molecular weight is 217 g/mol. The van der Waals surface area contributed by atoms with Crippen molar-refractivity contribution in [1.82, 2.24) is 15.0 Å². The van der Waals surface area contributed by atoms with E-state index in [-0.39, 0.29) is 0 Å². The number of aromatic nitrogens is 3. The standard InChI is InChI=1S/C11H11N3S/c1-7-3-4-9(6-12-7)10-5-11(15)14-8(2)13-10/h3-6H,1-2H3,(H,13,14,15). The quantitative estimate of drug-likeness (QED) is 0.747. The lowest BCUT2D eigenvalue weighted by Gasteiger charge is -2.03. The number of pyridine rings is 1. The van der Waals surface area contributed by atoms with Gasteiger partial charge in [0.05, 0.1) is 5.69 Å². The molecule has 0 aliphatic carbocycles. The van der Waals surface area contributed by atoms with E-state index < -0.39 is 0 Å². The van der Waals surface area contributed by atoms with E-state index in [4.69, 9.17) is 12.2 Å². The summed E-state index contributed by atoms with van der Waals surface area (Å²) in [6.45, 7) is 3.85. The van der Waals surface area contributed by atoms with Crippen LogP contribution in [0.15, 0.2) is 24.4 Å². The van der Waals surface area contributed by atoms with Crippen LogP contribution in [0.5, 0.6) is 0 Å². The van der Waals surface area contributed by atoms with E-state index in [0.717, 1.165) is 22.8 Å². The Hall–Kier alpha value is -1.55. The van der Waals surface area contributed by atoms with Crippen LogP contribution in [0.4, 0.5) is 0 Å². The van der Waals surface area contributed by atoms with Crippen LogP contribution in [-0.2, 0) is 0 Å². The first-order chi connectivity index (χ1) is 7.15. The SMILES string of the molecule is Cc1ccc(-c2cc(=S)nc(C)[nH]2)cn1. The zero-order chi connectivity index (χ0) is 10.8.